The van der Waals surface area contributed by atoms with Crippen molar-refractivity contribution in [2.75, 3.05) is 12.0 Å². The number of alkyl halides is 1. The molecule has 1 aromatic carbocycles. The summed E-state index contributed by atoms with van der Waals surface area (Å²) in [5.74, 6) is 1.06. The number of H-pyrrole nitrogens is 1. The Morgan fingerprint density at radius 2 is 2.00 bits per heavy atom. The fourth-order valence-electron chi connectivity index (χ4n) is 5.09. The van der Waals surface area contributed by atoms with Gasteiger partial charge in [-0.25, -0.2) is 24.3 Å². The molecule has 2 bridgehead atoms. The van der Waals surface area contributed by atoms with E-state index in [0.717, 1.165) is 24.0 Å². The van der Waals surface area contributed by atoms with Crippen LogP contribution in [0.3, 0.4) is 0 Å². The Labute approximate surface area is 200 Å². The van der Waals surface area contributed by atoms with Crippen LogP contribution in [0.4, 0.5) is 10.2 Å². The lowest BCUT2D eigenvalue weighted by atomic mass is 9.96. The summed E-state index contributed by atoms with van der Waals surface area (Å²) in [4.78, 5) is 23.5. The summed E-state index contributed by atoms with van der Waals surface area (Å²) in [6.45, 7) is 0. The molecule has 0 spiro atoms. The molecule has 3 aromatic heterocycles. The van der Waals surface area contributed by atoms with Gasteiger partial charge in [-0.2, -0.15) is 0 Å². The molecule has 33 heavy (non-hydrogen) atoms. The van der Waals surface area contributed by atoms with Crippen LogP contribution in [0.1, 0.15) is 19.3 Å². The Morgan fingerprint density at radius 3 is 2.82 bits per heavy atom. The maximum Gasteiger partial charge on any atom is 0.232 e. The summed E-state index contributed by atoms with van der Waals surface area (Å²) in [5, 5.41) is 0.462. The van der Waals surface area contributed by atoms with Crippen LogP contribution in [0.5, 0.6) is 5.88 Å². The van der Waals surface area contributed by atoms with Gasteiger partial charge in [-0.15, -0.1) is 12.4 Å². The van der Waals surface area contributed by atoms with E-state index in [1.807, 2.05) is 18.3 Å². The standard InChI is InChI=1S/C22H21ClFN7O.ClH/c1-32-17-9-26-14-4-3-11(18(23)21(14)30-17)12-7-28-22-20(12)27-8-16(29-22)31-10-2-5-15(31)19(24)13(25)6-10;/h3-4,7-10,13,15,19H,2,5-6,25H2,1H3,(H,28,29);1H/t10-,13-,15+,19-;/m0./s1. The molecule has 2 aliphatic rings. The van der Waals surface area contributed by atoms with Crippen molar-refractivity contribution in [1.29, 1.82) is 0 Å². The highest BCUT2D eigenvalue weighted by Crippen LogP contribution is 2.41. The number of fused-ring (bicyclic) bond motifs is 4. The van der Waals surface area contributed by atoms with Crippen LogP contribution in [-0.2, 0) is 0 Å². The topological polar surface area (TPSA) is 106 Å². The second-order valence-corrected chi connectivity index (χ2v) is 8.76. The number of piperidine rings is 1. The number of nitrogens with two attached hydrogens (primary N) is 1. The highest BCUT2D eigenvalue weighted by molar-refractivity contribution is 6.38. The third-order valence-electron chi connectivity index (χ3n) is 6.63. The molecule has 6 rings (SSSR count). The van der Waals surface area contributed by atoms with E-state index in [0.29, 0.717) is 45.3 Å². The van der Waals surface area contributed by atoms with Crippen LogP contribution < -0.4 is 15.4 Å². The van der Waals surface area contributed by atoms with Gasteiger partial charge in [0.1, 0.15) is 23.0 Å². The van der Waals surface area contributed by atoms with Gasteiger partial charge in [0.2, 0.25) is 5.88 Å². The van der Waals surface area contributed by atoms with Crippen molar-refractivity contribution in [3.63, 3.8) is 0 Å². The summed E-state index contributed by atoms with van der Waals surface area (Å²) in [6, 6.07) is 3.30. The first kappa shape index (κ1) is 22.1. The molecular formula is C22H22Cl2FN7O. The number of benzene rings is 1. The largest absolute Gasteiger partial charge is 0.480 e. The molecule has 172 valence electrons. The normalized spacial score (nSPS) is 24.3. The van der Waals surface area contributed by atoms with Crippen LogP contribution in [-0.4, -0.2) is 56.3 Å². The predicted octanol–water partition coefficient (Wildman–Crippen LogP) is 4.06. The molecule has 2 aliphatic heterocycles. The third-order valence-corrected chi connectivity index (χ3v) is 7.01. The fraction of sp³-hybridized carbons (Fsp3) is 0.364. The number of anilines is 1. The molecule has 3 N–H and O–H groups in total. The van der Waals surface area contributed by atoms with E-state index in [9.17, 15) is 4.39 Å². The van der Waals surface area contributed by atoms with E-state index >= 15 is 0 Å². The third kappa shape index (κ3) is 3.37. The number of nitrogens with one attached hydrogen (secondary N) is 1. The van der Waals surface area contributed by atoms with Gasteiger partial charge in [-0.3, -0.25) is 0 Å². The van der Waals surface area contributed by atoms with Crippen molar-refractivity contribution in [3.8, 4) is 17.0 Å². The van der Waals surface area contributed by atoms with E-state index < -0.39 is 12.2 Å². The van der Waals surface area contributed by atoms with Gasteiger partial charge < -0.3 is 20.4 Å². The number of methoxy groups -OCH3 is 1. The molecule has 4 aromatic rings. The van der Waals surface area contributed by atoms with E-state index in [1.165, 1.54) is 7.11 Å². The molecule has 0 amide bonds. The number of hydrogen-bond donors (Lipinski definition) is 2. The van der Waals surface area contributed by atoms with Gasteiger partial charge in [-0.05, 0) is 25.3 Å². The zero-order chi connectivity index (χ0) is 22.0. The summed E-state index contributed by atoms with van der Waals surface area (Å²) in [6.07, 6.45) is 6.38. The lowest BCUT2D eigenvalue weighted by Gasteiger charge is -2.40. The summed E-state index contributed by atoms with van der Waals surface area (Å²) < 4.78 is 19.9. The summed E-state index contributed by atoms with van der Waals surface area (Å²) in [7, 11) is 1.54. The molecule has 11 heteroatoms. The van der Waals surface area contributed by atoms with Gasteiger partial charge in [0.05, 0.1) is 36.1 Å². The van der Waals surface area contributed by atoms with Crippen LogP contribution in [0.2, 0.25) is 5.02 Å². The van der Waals surface area contributed by atoms with Crippen molar-refractivity contribution >= 4 is 52.0 Å². The van der Waals surface area contributed by atoms with Crippen molar-refractivity contribution in [2.45, 2.75) is 43.6 Å². The SMILES string of the molecule is COc1cnc2ccc(-c3c[nH]c4nc(N5[C@H]6CC[C@@H]5[C@@H](F)[C@@H](N)C6)cnc34)c(Cl)c2n1.Cl. The number of hydrogen-bond acceptors (Lipinski definition) is 7. The molecule has 0 radical (unpaired) electrons. The van der Waals surface area contributed by atoms with Gasteiger partial charge in [-0.1, -0.05) is 17.7 Å². The summed E-state index contributed by atoms with van der Waals surface area (Å²) in [5.41, 5.74) is 10.1. The first-order chi connectivity index (χ1) is 15.5. The average Bonchev–Trinajstić information content (AvgIpc) is 3.38. The van der Waals surface area contributed by atoms with Crippen LogP contribution in [0.15, 0.2) is 30.7 Å². The molecule has 0 aliphatic carbocycles. The minimum Gasteiger partial charge on any atom is -0.480 e. The maximum absolute atomic E-state index is 14.7. The Kier molecular flexibility index (Phi) is 5.50. The molecule has 0 unspecified atom stereocenters. The van der Waals surface area contributed by atoms with Crippen LogP contribution >= 0.6 is 24.0 Å². The molecule has 2 saturated heterocycles. The zero-order valence-electron chi connectivity index (χ0n) is 17.7. The Balaban J connectivity index is 0.00000228. The van der Waals surface area contributed by atoms with E-state index in [-0.39, 0.29) is 24.5 Å². The number of rotatable bonds is 3. The Hall–Kier alpha value is -2.75. The predicted molar refractivity (Wildman–Crippen MR) is 128 cm³/mol. The lowest BCUT2D eigenvalue weighted by molar-refractivity contribution is 0.203. The highest BCUT2D eigenvalue weighted by atomic mass is 35.5. The Bertz CT molecular complexity index is 1350. The van der Waals surface area contributed by atoms with Crippen molar-refractivity contribution in [1.82, 2.24) is 24.9 Å². The van der Waals surface area contributed by atoms with Crippen LogP contribution in [0.25, 0.3) is 33.3 Å². The quantitative estimate of drug-likeness (QED) is 0.446. The van der Waals surface area contributed by atoms with Gasteiger partial charge in [0.15, 0.2) is 5.65 Å². The molecule has 0 saturated carbocycles. The Morgan fingerprint density at radius 1 is 1.15 bits per heavy atom. The number of nitrogens with zero attached hydrogens (tertiary/aromatic N) is 5. The minimum atomic E-state index is -1.06. The maximum atomic E-state index is 14.7. The lowest BCUT2D eigenvalue weighted by Crippen LogP contribution is -2.55. The van der Waals surface area contributed by atoms with Gasteiger partial charge >= 0.3 is 0 Å². The van der Waals surface area contributed by atoms with E-state index in [2.05, 4.69) is 24.8 Å². The van der Waals surface area contributed by atoms with Crippen molar-refractivity contribution in [3.05, 3.63) is 35.7 Å². The van der Waals surface area contributed by atoms with E-state index in [4.69, 9.17) is 27.1 Å². The van der Waals surface area contributed by atoms with Crippen LogP contribution in [0, 0.1) is 0 Å². The highest BCUT2D eigenvalue weighted by Gasteiger charge is 2.47. The number of halogens is 3. The van der Waals surface area contributed by atoms with Crippen molar-refractivity contribution < 1.29 is 9.13 Å². The first-order valence-corrected chi connectivity index (χ1v) is 10.9. The minimum absolute atomic E-state index is 0. The second-order valence-electron chi connectivity index (χ2n) is 8.38. The molecular weight excluding hydrogens is 468 g/mol. The second kappa shape index (κ2) is 8.23. The molecule has 2 fully saturated rings. The van der Waals surface area contributed by atoms with E-state index in [1.54, 1.807) is 12.4 Å². The van der Waals surface area contributed by atoms with Gasteiger partial charge in [0.25, 0.3) is 0 Å². The van der Waals surface area contributed by atoms with Gasteiger partial charge in [0, 0.05) is 29.4 Å². The first-order valence-electron chi connectivity index (χ1n) is 10.6. The fourth-order valence-corrected chi connectivity index (χ4v) is 5.40. The monoisotopic (exact) mass is 489 g/mol. The molecule has 4 atom stereocenters. The molecule has 8 nitrogen and oxygen atoms in total. The van der Waals surface area contributed by atoms with Crippen molar-refractivity contribution in [2.24, 2.45) is 5.73 Å². The number of aromatic amines is 1. The average molecular weight is 490 g/mol. The summed E-state index contributed by atoms with van der Waals surface area (Å²) >= 11 is 6.71. The molecule has 5 heterocycles. The number of ether oxygens (including phenoxy) is 1. The zero-order valence-corrected chi connectivity index (χ0v) is 19.3. The smallest absolute Gasteiger partial charge is 0.232 e. The number of aromatic nitrogens is 5.